The van der Waals surface area contributed by atoms with Gasteiger partial charge in [0.1, 0.15) is 11.7 Å². The molecule has 0 radical (unpaired) electrons. The Morgan fingerprint density at radius 3 is 2.48 bits per heavy atom. The number of carbonyl (C=O) groups is 2. The van der Waals surface area contributed by atoms with Crippen molar-refractivity contribution in [2.24, 2.45) is 5.92 Å². The molecule has 9 heteroatoms. The van der Waals surface area contributed by atoms with Crippen molar-refractivity contribution >= 4 is 17.6 Å². The number of ether oxygens (including phenoxy) is 1. The Labute approximate surface area is 164 Å². The molecule has 29 heavy (non-hydrogen) atoms. The SMILES string of the molecule is C=C1NC(=O)N[C@@H](c2ccc(OC)cc2)[C@@H]1C(=O)Nc1cccc(C(F)(F)F)c1. The molecule has 1 heterocycles. The summed E-state index contributed by atoms with van der Waals surface area (Å²) in [6, 6.07) is 9.76. The summed E-state index contributed by atoms with van der Waals surface area (Å²) >= 11 is 0. The predicted molar refractivity (Wildman–Crippen MR) is 100 cm³/mol. The van der Waals surface area contributed by atoms with Crippen LogP contribution in [0, 0.1) is 5.92 Å². The van der Waals surface area contributed by atoms with Crippen molar-refractivity contribution in [1.29, 1.82) is 0 Å². The van der Waals surface area contributed by atoms with Crippen molar-refractivity contribution in [3.05, 3.63) is 71.9 Å². The molecule has 1 aliphatic rings. The molecule has 3 N–H and O–H groups in total. The molecule has 3 amide bonds. The van der Waals surface area contributed by atoms with Crippen LogP contribution in [0.4, 0.5) is 23.7 Å². The topological polar surface area (TPSA) is 79.5 Å². The van der Waals surface area contributed by atoms with Gasteiger partial charge in [-0.1, -0.05) is 24.8 Å². The van der Waals surface area contributed by atoms with E-state index >= 15 is 0 Å². The van der Waals surface area contributed by atoms with Gasteiger partial charge in [-0.25, -0.2) is 4.79 Å². The maximum atomic E-state index is 12.9. The maximum absolute atomic E-state index is 12.9. The molecule has 3 rings (SSSR count). The van der Waals surface area contributed by atoms with Crippen LogP contribution in [-0.4, -0.2) is 19.0 Å². The largest absolute Gasteiger partial charge is 0.497 e. The van der Waals surface area contributed by atoms with Gasteiger partial charge >= 0.3 is 12.2 Å². The summed E-state index contributed by atoms with van der Waals surface area (Å²) in [7, 11) is 1.51. The second kappa shape index (κ2) is 7.86. The van der Waals surface area contributed by atoms with E-state index in [0.29, 0.717) is 11.3 Å². The summed E-state index contributed by atoms with van der Waals surface area (Å²) in [5.74, 6) is -0.962. The fourth-order valence-electron chi connectivity index (χ4n) is 3.08. The Bertz CT molecular complexity index is 942. The number of alkyl halides is 3. The smallest absolute Gasteiger partial charge is 0.416 e. The number of nitrogens with one attached hydrogen (secondary N) is 3. The van der Waals surface area contributed by atoms with Gasteiger partial charge in [0.25, 0.3) is 0 Å². The van der Waals surface area contributed by atoms with Crippen molar-refractivity contribution in [3.8, 4) is 5.75 Å². The minimum absolute atomic E-state index is 0.0111. The van der Waals surface area contributed by atoms with Crippen LogP contribution in [0.15, 0.2) is 60.8 Å². The van der Waals surface area contributed by atoms with Gasteiger partial charge in [0.15, 0.2) is 0 Å². The van der Waals surface area contributed by atoms with Gasteiger partial charge in [-0.3, -0.25) is 4.79 Å². The predicted octanol–water partition coefficient (Wildman–Crippen LogP) is 3.84. The van der Waals surface area contributed by atoms with E-state index in [1.54, 1.807) is 24.3 Å². The quantitative estimate of drug-likeness (QED) is 0.723. The second-order valence-corrected chi connectivity index (χ2v) is 6.42. The van der Waals surface area contributed by atoms with Crippen LogP contribution in [-0.2, 0) is 11.0 Å². The van der Waals surface area contributed by atoms with Crippen LogP contribution in [0.3, 0.4) is 0 Å². The molecule has 0 saturated carbocycles. The highest BCUT2D eigenvalue weighted by Crippen LogP contribution is 2.33. The number of rotatable bonds is 4. The van der Waals surface area contributed by atoms with Crippen LogP contribution >= 0.6 is 0 Å². The minimum atomic E-state index is -4.53. The molecule has 152 valence electrons. The van der Waals surface area contributed by atoms with E-state index in [4.69, 9.17) is 4.74 Å². The fourth-order valence-corrected chi connectivity index (χ4v) is 3.08. The highest BCUT2D eigenvalue weighted by Gasteiger charge is 2.38. The van der Waals surface area contributed by atoms with Crippen LogP contribution in [0.25, 0.3) is 0 Å². The van der Waals surface area contributed by atoms with E-state index in [9.17, 15) is 22.8 Å². The summed E-state index contributed by atoms with van der Waals surface area (Å²) in [6.45, 7) is 3.74. The Morgan fingerprint density at radius 1 is 1.17 bits per heavy atom. The van der Waals surface area contributed by atoms with E-state index in [1.165, 1.54) is 19.2 Å². The molecule has 2 aromatic rings. The van der Waals surface area contributed by atoms with Crippen molar-refractivity contribution in [1.82, 2.24) is 10.6 Å². The molecule has 2 atom stereocenters. The molecule has 0 aromatic heterocycles. The number of urea groups is 1. The summed E-state index contributed by atoms with van der Waals surface area (Å²) in [6.07, 6.45) is -4.53. The van der Waals surface area contributed by atoms with Gasteiger partial charge in [0.2, 0.25) is 5.91 Å². The molecule has 1 saturated heterocycles. The second-order valence-electron chi connectivity index (χ2n) is 6.42. The van der Waals surface area contributed by atoms with Gasteiger partial charge in [-0.05, 0) is 35.9 Å². The summed E-state index contributed by atoms with van der Waals surface area (Å²) < 4.78 is 43.8. The molecular weight excluding hydrogens is 387 g/mol. The number of halogens is 3. The Hall–Kier alpha value is -3.49. The normalized spacial score (nSPS) is 19.2. The Kier molecular flexibility index (Phi) is 5.49. The molecule has 0 spiro atoms. The average molecular weight is 405 g/mol. The van der Waals surface area contributed by atoms with Crippen LogP contribution < -0.4 is 20.7 Å². The monoisotopic (exact) mass is 405 g/mol. The third-order valence-electron chi connectivity index (χ3n) is 4.48. The van der Waals surface area contributed by atoms with E-state index in [1.807, 2.05) is 0 Å². The maximum Gasteiger partial charge on any atom is 0.416 e. The Balaban J connectivity index is 1.87. The lowest BCUT2D eigenvalue weighted by Gasteiger charge is -2.34. The van der Waals surface area contributed by atoms with Gasteiger partial charge in [0, 0.05) is 11.4 Å². The van der Waals surface area contributed by atoms with Crippen molar-refractivity contribution in [3.63, 3.8) is 0 Å². The first-order valence-corrected chi connectivity index (χ1v) is 8.57. The lowest BCUT2D eigenvalue weighted by atomic mass is 9.88. The van der Waals surface area contributed by atoms with Crippen molar-refractivity contribution in [2.75, 3.05) is 12.4 Å². The molecule has 6 nitrogen and oxygen atoms in total. The van der Waals surface area contributed by atoms with Gasteiger partial charge in [0.05, 0.1) is 18.7 Å². The van der Waals surface area contributed by atoms with Crippen LogP contribution in [0.5, 0.6) is 5.75 Å². The number of carbonyl (C=O) groups excluding carboxylic acids is 2. The summed E-state index contributed by atoms with van der Waals surface area (Å²) in [4.78, 5) is 24.8. The third-order valence-corrected chi connectivity index (χ3v) is 4.48. The van der Waals surface area contributed by atoms with Crippen molar-refractivity contribution < 1.29 is 27.5 Å². The first kappa shape index (κ1) is 20.2. The molecule has 0 unspecified atom stereocenters. The number of hydrogen-bond donors (Lipinski definition) is 3. The fraction of sp³-hybridized carbons (Fsp3) is 0.200. The standard InChI is InChI=1S/C20H18F3N3O3/c1-11-16(18(27)25-14-5-3-4-13(10-14)20(21,22)23)17(26-19(28)24-11)12-6-8-15(29-2)9-7-12/h3-10,16-17H,1H2,2H3,(H,25,27)(H2,24,26,28)/t16-,17+/m1/s1. The molecule has 1 fully saturated rings. The first-order chi connectivity index (χ1) is 13.7. The Morgan fingerprint density at radius 2 is 1.86 bits per heavy atom. The average Bonchev–Trinajstić information content (AvgIpc) is 2.67. The van der Waals surface area contributed by atoms with Gasteiger partial charge in [-0.2, -0.15) is 13.2 Å². The molecule has 2 aromatic carbocycles. The minimum Gasteiger partial charge on any atom is -0.497 e. The number of benzene rings is 2. The van der Waals surface area contributed by atoms with E-state index in [0.717, 1.165) is 12.1 Å². The lowest BCUT2D eigenvalue weighted by molar-refractivity contribution is -0.137. The number of hydrogen-bond acceptors (Lipinski definition) is 3. The van der Waals surface area contributed by atoms with Gasteiger partial charge < -0.3 is 20.7 Å². The van der Waals surface area contributed by atoms with E-state index in [-0.39, 0.29) is 11.4 Å². The van der Waals surface area contributed by atoms with E-state index < -0.39 is 35.6 Å². The molecule has 0 aliphatic carbocycles. The van der Waals surface area contributed by atoms with Crippen LogP contribution in [0.2, 0.25) is 0 Å². The summed E-state index contributed by atoms with van der Waals surface area (Å²) in [5, 5.41) is 7.58. The van der Waals surface area contributed by atoms with Crippen molar-refractivity contribution in [2.45, 2.75) is 12.2 Å². The highest BCUT2D eigenvalue weighted by molar-refractivity contribution is 5.97. The number of anilines is 1. The number of amides is 3. The zero-order chi connectivity index (χ0) is 21.2. The molecule has 0 bridgehead atoms. The first-order valence-electron chi connectivity index (χ1n) is 8.57. The van der Waals surface area contributed by atoms with Crippen LogP contribution in [0.1, 0.15) is 17.2 Å². The highest BCUT2D eigenvalue weighted by atomic mass is 19.4. The zero-order valence-electron chi connectivity index (χ0n) is 15.3. The zero-order valence-corrected chi connectivity index (χ0v) is 15.3. The third kappa shape index (κ3) is 4.50. The van der Waals surface area contributed by atoms with Gasteiger partial charge in [-0.15, -0.1) is 0 Å². The lowest BCUT2D eigenvalue weighted by Crippen LogP contribution is -2.51. The number of methoxy groups -OCH3 is 1. The molecule has 1 aliphatic heterocycles. The van der Waals surface area contributed by atoms with E-state index in [2.05, 4.69) is 22.5 Å². The molecular formula is C20H18F3N3O3. The summed E-state index contributed by atoms with van der Waals surface area (Å²) in [5.41, 5.74) is -0.135.